The van der Waals surface area contributed by atoms with Crippen molar-refractivity contribution in [3.8, 4) is 0 Å². The molecule has 0 aliphatic carbocycles. The second-order valence-corrected chi connectivity index (χ2v) is 6.73. The van der Waals surface area contributed by atoms with E-state index in [-0.39, 0.29) is 0 Å². The molecular formula is C18H25NS. The highest BCUT2D eigenvalue weighted by atomic mass is 32.1. The lowest BCUT2D eigenvalue weighted by Crippen LogP contribution is -2.30. The van der Waals surface area contributed by atoms with Crippen LogP contribution in [0.5, 0.6) is 0 Å². The highest BCUT2D eigenvalue weighted by molar-refractivity contribution is 7.07. The van der Waals surface area contributed by atoms with Crippen molar-refractivity contribution in [1.29, 1.82) is 0 Å². The predicted molar refractivity (Wildman–Crippen MR) is 89.6 cm³/mol. The molecule has 0 bridgehead atoms. The van der Waals surface area contributed by atoms with Crippen LogP contribution in [0.15, 0.2) is 41.1 Å². The molecule has 2 heteroatoms. The summed E-state index contributed by atoms with van der Waals surface area (Å²) < 4.78 is 0. The van der Waals surface area contributed by atoms with E-state index in [9.17, 15) is 0 Å². The van der Waals surface area contributed by atoms with Gasteiger partial charge in [-0.25, -0.2) is 0 Å². The van der Waals surface area contributed by atoms with Gasteiger partial charge in [-0.1, -0.05) is 38.1 Å². The molecule has 2 unspecified atom stereocenters. The van der Waals surface area contributed by atoms with Crippen molar-refractivity contribution < 1.29 is 0 Å². The van der Waals surface area contributed by atoms with E-state index >= 15 is 0 Å². The first-order chi connectivity index (χ1) is 9.56. The topological polar surface area (TPSA) is 12.0 Å². The van der Waals surface area contributed by atoms with Crippen molar-refractivity contribution in [2.45, 2.75) is 52.1 Å². The van der Waals surface area contributed by atoms with Gasteiger partial charge in [0, 0.05) is 12.1 Å². The summed E-state index contributed by atoms with van der Waals surface area (Å²) in [5.74, 6) is 0.602. The van der Waals surface area contributed by atoms with Crippen molar-refractivity contribution in [1.82, 2.24) is 5.32 Å². The normalized spacial score (nSPS) is 14.4. The van der Waals surface area contributed by atoms with Gasteiger partial charge in [0.05, 0.1) is 0 Å². The molecule has 0 saturated heterocycles. The van der Waals surface area contributed by atoms with E-state index in [0.29, 0.717) is 18.0 Å². The molecule has 2 rings (SSSR count). The third kappa shape index (κ3) is 4.19. The zero-order valence-electron chi connectivity index (χ0n) is 12.9. The summed E-state index contributed by atoms with van der Waals surface area (Å²) in [5, 5.41) is 8.07. The minimum Gasteiger partial charge on any atom is -0.307 e. The van der Waals surface area contributed by atoms with E-state index in [1.807, 2.05) is 0 Å². The fourth-order valence-corrected chi connectivity index (χ4v) is 3.20. The minimum absolute atomic E-state index is 0.393. The zero-order valence-corrected chi connectivity index (χ0v) is 13.7. The van der Waals surface area contributed by atoms with Crippen LogP contribution in [0.2, 0.25) is 0 Å². The Balaban J connectivity index is 1.92. The second-order valence-electron chi connectivity index (χ2n) is 5.95. The highest BCUT2D eigenvalue weighted by Crippen LogP contribution is 2.19. The van der Waals surface area contributed by atoms with Crippen LogP contribution in [0.3, 0.4) is 0 Å². The molecule has 20 heavy (non-hydrogen) atoms. The fourth-order valence-electron chi connectivity index (χ4n) is 2.51. The maximum absolute atomic E-state index is 3.69. The lowest BCUT2D eigenvalue weighted by atomic mass is 9.99. The Labute approximate surface area is 127 Å². The molecule has 2 atom stereocenters. The quantitative estimate of drug-likeness (QED) is 0.774. The third-order valence-corrected chi connectivity index (χ3v) is 4.49. The Hall–Kier alpha value is -1.12. The van der Waals surface area contributed by atoms with Crippen LogP contribution in [0.1, 0.15) is 56.3 Å². The summed E-state index contributed by atoms with van der Waals surface area (Å²) in [6.45, 7) is 8.98. The van der Waals surface area contributed by atoms with Gasteiger partial charge in [0.2, 0.25) is 0 Å². The van der Waals surface area contributed by atoms with Gasteiger partial charge in [-0.15, -0.1) is 0 Å². The minimum atomic E-state index is 0.393. The van der Waals surface area contributed by atoms with E-state index in [1.54, 1.807) is 11.3 Å². The number of thiophene rings is 1. The summed E-state index contributed by atoms with van der Waals surface area (Å²) in [7, 11) is 0. The van der Waals surface area contributed by atoms with E-state index in [1.165, 1.54) is 16.7 Å². The molecule has 2 aromatic rings. The summed E-state index contributed by atoms with van der Waals surface area (Å²) in [4.78, 5) is 0. The fraction of sp³-hybridized carbons (Fsp3) is 0.444. The standard InChI is InChI=1S/C18H25NS/c1-13(2)17-5-7-18(8-6-17)15(4)19-14(3)11-16-9-10-20-12-16/h5-10,12-15,19H,11H2,1-4H3. The molecule has 1 aromatic heterocycles. The summed E-state index contributed by atoms with van der Waals surface area (Å²) in [6, 6.07) is 12.1. The van der Waals surface area contributed by atoms with Crippen molar-refractivity contribution in [2.24, 2.45) is 0 Å². The van der Waals surface area contributed by atoms with Crippen LogP contribution in [0.25, 0.3) is 0 Å². The number of hydrogen-bond donors (Lipinski definition) is 1. The summed E-state index contributed by atoms with van der Waals surface area (Å²) in [5.41, 5.74) is 4.20. The predicted octanol–water partition coefficient (Wildman–Crippen LogP) is 5.15. The molecule has 0 amide bonds. The molecule has 0 radical (unpaired) electrons. The van der Waals surface area contributed by atoms with Crippen molar-refractivity contribution in [3.05, 3.63) is 57.8 Å². The maximum Gasteiger partial charge on any atom is 0.0294 e. The second kappa shape index (κ2) is 7.05. The first kappa shape index (κ1) is 15.3. The Morgan fingerprint density at radius 2 is 1.60 bits per heavy atom. The van der Waals surface area contributed by atoms with Crippen molar-refractivity contribution in [3.63, 3.8) is 0 Å². The van der Waals surface area contributed by atoms with E-state index < -0.39 is 0 Å². The molecule has 1 heterocycles. The van der Waals surface area contributed by atoms with Gasteiger partial charge in [0.25, 0.3) is 0 Å². The lowest BCUT2D eigenvalue weighted by molar-refractivity contribution is 0.477. The number of nitrogens with one attached hydrogen (secondary N) is 1. The molecule has 0 spiro atoms. The molecular weight excluding hydrogens is 262 g/mol. The van der Waals surface area contributed by atoms with Gasteiger partial charge in [0.1, 0.15) is 0 Å². The van der Waals surface area contributed by atoms with E-state index in [2.05, 4.69) is 74.1 Å². The number of rotatable bonds is 6. The van der Waals surface area contributed by atoms with Crippen LogP contribution in [0.4, 0.5) is 0 Å². The average molecular weight is 287 g/mol. The Bertz CT molecular complexity index is 499. The van der Waals surface area contributed by atoms with Gasteiger partial charge < -0.3 is 5.32 Å². The average Bonchev–Trinajstić information content (AvgIpc) is 2.91. The third-order valence-electron chi connectivity index (χ3n) is 3.76. The molecule has 0 aliphatic rings. The monoisotopic (exact) mass is 287 g/mol. The highest BCUT2D eigenvalue weighted by Gasteiger charge is 2.10. The molecule has 1 N–H and O–H groups in total. The molecule has 1 nitrogen and oxygen atoms in total. The molecule has 0 saturated carbocycles. The molecule has 1 aromatic carbocycles. The maximum atomic E-state index is 3.69. The van der Waals surface area contributed by atoms with Gasteiger partial charge in [-0.2, -0.15) is 11.3 Å². The van der Waals surface area contributed by atoms with Gasteiger partial charge in [-0.05, 0) is 59.7 Å². The Kier molecular flexibility index (Phi) is 5.38. The Morgan fingerprint density at radius 3 is 2.15 bits per heavy atom. The van der Waals surface area contributed by atoms with E-state index in [0.717, 1.165) is 6.42 Å². The smallest absolute Gasteiger partial charge is 0.0294 e. The van der Waals surface area contributed by atoms with Crippen molar-refractivity contribution in [2.75, 3.05) is 0 Å². The number of benzene rings is 1. The summed E-state index contributed by atoms with van der Waals surface area (Å²) in [6.07, 6.45) is 1.10. The summed E-state index contributed by atoms with van der Waals surface area (Å²) >= 11 is 1.77. The van der Waals surface area contributed by atoms with Crippen LogP contribution in [-0.2, 0) is 6.42 Å². The molecule has 0 fully saturated rings. The van der Waals surface area contributed by atoms with Gasteiger partial charge in [-0.3, -0.25) is 0 Å². The largest absolute Gasteiger partial charge is 0.307 e. The SMILES string of the molecule is CC(Cc1ccsc1)NC(C)c1ccc(C(C)C)cc1. The first-order valence-corrected chi connectivity index (χ1v) is 8.37. The van der Waals surface area contributed by atoms with Crippen LogP contribution >= 0.6 is 11.3 Å². The van der Waals surface area contributed by atoms with Gasteiger partial charge >= 0.3 is 0 Å². The first-order valence-electron chi connectivity index (χ1n) is 7.43. The zero-order chi connectivity index (χ0) is 14.5. The number of hydrogen-bond acceptors (Lipinski definition) is 2. The molecule has 0 aliphatic heterocycles. The lowest BCUT2D eigenvalue weighted by Gasteiger charge is -2.20. The Morgan fingerprint density at radius 1 is 0.950 bits per heavy atom. The molecule has 108 valence electrons. The van der Waals surface area contributed by atoms with E-state index in [4.69, 9.17) is 0 Å². The van der Waals surface area contributed by atoms with Crippen molar-refractivity contribution >= 4 is 11.3 Å². The van der Waals surface area contributed by atoms with Gasteiger partial charge in [0.15, 0.2) is 0 Å². The van der Waals surface area contributed by atoms with Crippen LogP contribution in [0, 0.1) is 0 Å². The van der Waals surface area contributed by atoms with Crippen LogP contribution in [-0.4, -0.2) is 6.04 Å². The van der Waals surface area contributed by atoms with Crippen LogP contribution < -0.4 is 5.32 Å².